The molecule has 4 rings (SSSR count). The van der Waals surface area contributed by atoms with Crippen molar-refractivity contribution in [1.82, 2.24) is 25.4 Å². The van der Waals surface area contributed by atoms with Crippen molar-refractivity contribution in [3.8, 4) is 0 Å². The average Bonchev–Trinajstić information content (AvgIpc) is 3.59. The Labute approximate surface area is 312 Å². The van der Waals surface area contributed by atoms with E-state index in [1.807, 2.05) is 65.9 Å². The predicted octanol–water partition coefficient (Wildman–Crippen LogP) is 5.18. The quantitative estimate of drug-likeness (QED) is 0.222. The Hall–Kier alpha value is -3.84. The predicted molar refractivity (Wildman–Crippen MR) is 200 cm³/mol. The third kappa shape index (κ3) is 9.77. The van der Waals surface area contributed by atoms with E-state index in [0.29, 0.717) is 23.8 Å². The number of carbonyl (C=O) groups is 5. The maximum absolute atomic E-state index is 14.4. The number of fused-ring (bicyclic) bond motifs is 1. The zero-order valence-electron chi connectivity index (χ0n) is 32.1. The highest BCUT2D eigenvalue weighted by Gasteiger charge is 2.42. The van der Waals surface area contributed by atoms with Gasteiger partial charge in [0.25, 0.3) is 5.91 Å². The summed E-state index contributed by atoms with van der Waals surface area (Å²) in [7, 11) is 3.68. The number of likely N-dealkylation sites (tertiary alicyclic amines) is 1. The number of aliphatic carboxylic acids is 1. The van der Waals surface area contributed by atoms with Gasteiger partial charge >= 0.3 is 11.9 Å². The van der Waals surface area contributed by atoms with Gasteiger partial charge in [0.15, 0.2) is 6.10 Å². The second-order valence-corrected chi connectivity index (χ2v) is 16.7. The van der Waals surface area contributed by atoms with Crippen LogP contribution < -0.4 is 10.6 Å². The lowest BCUT2D eigenvalue weighted by Crippen LogP contribution is -2.60. The highest BCUT2D eigenvalue weighted by atomic mass is 32.1. The van der Waals surface area contributed by atoms with Crippen molar-refractivity contribution in [3.63, 3.8) is 0 Å². The lowest BCUT2D eigenvalue weighted by molar-refractivity contribution is -0.149. The van der Waals surface area contributed by atoms with Crippen molar-refractivity contribution >= 4 is 41.0 Å². The van der Waals surface area contributed by atoms with E-state index in [-0.39, 0.29) is 42.3 Å². The summed E-state index contributed by atoms with van der Waals surface area (Å²) in [5.41, 5.74) is 1.25. The number of hydrogen-bond donors (Lipinski definition) is 3. The number of carbonyl (C=O) groups excluding carboxylic acids is 4. The highest BCUT2D eigenvalue weighted by molar-refractivity contribution is 7.09. The van der Waals surface area contributed by atoms with Gasteiger partial charge in [-0.2, -0.15) is 0 Å². The maximum Gasteiger partial charge on any atom is 0.311 e. The van der Waals surface area contributed by atoms with Gasteiger partial charge in [-0.25, -0.2) is 4.98 Å². The first kappa shape index (κ1) is 40.9. The monoisotopic (exact) mass is 739 g/mol. The third-order valence-electron chi connectivity index (χ3n) is 11.1. The SMILES string of the molecule is CCC(C)(C)[C@H](NC(=O)[C@H]1C[C@H](C)CCN1C)C(=O)N(C)[C@H](C[C@@H](OC(C)=O)c1nc(C(=O)N[C@H]2Cc3ccccc3[C@H](C(=O)O)C2)cs1)C(C)C. The molecule has 1 aromatic heterocycles. The molecule has 3 N–H and O–H groups in total. The number of carboxylic acid groups (broad SMARTS) is 1. The molecule has 52 heavy (non-hydrogen) atoms. The van der Waals surface area contributed by atoms with Crippen LogP contribution in [0.1, 0.15) is 119 Å². The van der Waals surface area contributed by atoms with Crippen LogP contribution in [0.2, 0.25) is 0 Å². The van der Waals surface area contributed by atoms with Crippen molar-refractivity contribution in [2.24, 2.45) is 17.3 Å². The van der Waals surface area contributed by atoms with E-state index >= 15 is 0 Å². The van der Waals surface area contributed by atoms with Crippen LogP contribution in [0, 0.1) is 17.3 Å². The Balaban J connectivity index is 1.52. The molecule has 1 aromatic carbocycles. The molecule has 0 bridgehead atoms. The molecule has 0 spiro atoms. The van der Waals surface area contributed by atoms with E-state index in [1.54, 1.807) is 17.3 Å². The molecular weight excluding hydrogens is 683 g/mol. The summed E-state index contributed by atoms with van der Waals surface area (Å²) >= 11 is 1.19. The second kappa shape index (κ2) is 17.3. The Morgan fingerprint density at radius 2 is 1.85 bits per heavy atom. The summed E-state index contributed by atoms with van der Waals surface area (Å²) in [4.78, 5) is 74.2. The molecule has 0 unspecified atom stereocenters. The van der Waals surface area contributed by atoms with Gasteiger partial charge in [-0.05, 0) is 74.1 Å². The summed E-state index contributed by atoms with van der Waals surface area (Å²) in [6.45, 7) is 14.2. The third-order valence-corrected chi connectivity index (χ3v) is 12.1. The zero-order chi connectivity index (χ0) is 38.5. The number of benzene rings is 1. The van der Waals surface area contributed by atoms with Crippen LogP contribution in [0.3, 0.4) is 0 Å². The van der Waals surface area contributed by atoms with Crippen LogP contribution in [0.25, 0.3) is 0 Å². The second-order valence-electron chi connectivity index (χ2n) is 15.8. The molecule has 2 aromatic rings. The molecule has 1 aliphatic carbocycles. The number of esters is 1. The van der Waals surface area contributed by atoms with Gasteiger partial charge in [-0.15, -0.1) is 11.3 Å². The van der Waals surface area contributed by atoms with Gasteiger partial charge in [-0.1, -0.05) is 65.8 Å². The molecule has 13 heteroatoms. The van der Waals surface area contributed by atoms with Gasteiger partial charge in [0, 0.05) is 37.9 Å². The van der Waals surface area contributed by atoms with E-state index in [1.165, 1.54) is 18.3 Å². The number of carboxylic acids is 1. The van der Waals surface area contributed by atoms with E-state index in [4.69, 9.17) is 4.74 Å². The van der Waals surface area contributed by atoms with E-state index < -0.39 is 53.4 Å². The van der Waals surface area contributed by atoms with Crippen LogP contribution in [0.4, 0.5) is 0 Å². The maximum atomic E-state index is 14.4. The van der Waals surface area contributed by atoms with Gasteiger partial charge < -0.3 is 25.4 Å². The van der Waals surface area contributed by atoms with Gasteiger partial charge in [-0.3, -0.25) is 28.9 Å². The number of likely N-dealkylation sites (N-methyl/N-ethyl adjacent to an activating group) is 2. The number of thiazole rings is 1. The molecule has 1 saturated heterocycles. The number of amides is 3. The topological polar surface area (TPSA) is 158 Å². The number of aromatic nitrogens is 1. The molecule has 0 saturated carbocycles. The first-order chi connectivity index (χ1) is 24.4. The number of ether oxygens (including phenoxy) is 1. The standard InChI is InChI=1S/C39H57N5O7S/c1-10-39(6,7)33(42-35(47)31-17-23(4)15-16-43(31)8)37(48)44(9)30(22(2)3)20-32(51-24(5)45)36-41-29(21-52-36)34(46)40-26-18-25-13-11-12-14-27(25)28(19-26)38(49)50/h11-14,21-23,26,28,30-33H,10,15-20H2,1-9H3,(H,40,46)(H,42,47)(H,49,50)/t23-,26+,28-,30-,31-,32-,33-/m1/s1. The van der Waals surface area contributed by atoms with E-state index in [0.717, 1.165) is 30.5 Å². The number of nitrogens with zero attached hydrogens (tertiary/aromatic N) is 3. The van der Waals surface area contributed by atoms with Gasteiger partial charge in [0.2, 0.25) is 11.8 Å². The highest BCUT2D eigenvalue weighted by Crippen LogP contribution is 2.34. The van der Waals surface area contributed by atoms with Crippen molar-refractivity contribution in [2.75, 3.05) is 20.6 Å². The molecule has 12 nitrogen and oxygen atoms in total. The molecular formula is C39H57N5O7S. The van der Waals surface area contributed by atoms with Crippen molar-refractivity contribution in [3.05, 3.63) is 51.5 Å². The molecule has 3 amide bonds. The lowest BCUT2D eigenvalue weighted by Gasteiger charge is -2.41. The largest absolute Gasteiger partial charge is 0.481 e. The number of piperidine rings is 1. The molecule has 2 aliphatic rings. The molecule has 1 aliphatic heterocycles. The molecule has 7 atom stereocenters. The van der Waals surface area contributed by atoms with Crippen LogP contribution in [0.5, 0.6) is 0 Å². The summed E-state index contributed by atoms with van der Waals surface area (Å²) in [6, 6.07) is 5.49. The molecule has 2 heterocycles. The Kier molecular flexibility index (Phi) is 13.6. The fourth-order valence-electron chi connectivity index (χ4n) is 7.43. The first-order valence-corrected chi connectivity index (χ1v) is 19.3. The number of rotatable bonds is 14. The fraction of sp³-hybridized carbons (Fsp3) is 0.641. The summed E-state index contributed by atoms with van der Waals surface area (Å²) in [5.74, 6) is -2.64. The van der Waals surface area contributed by atoms with Crippen molar-refractivity contribution < 1.29 is 33.8 Å². The number of nitrogens with one attached hydrogen (secondary N) is 2. The van der Waals surface area contributed by atoms with Crippen LogP contribution in [0.15, 0.2) is 29.6 Å². The molecule has 0 radical (unpaired) electrons. The molecule has 1 fully saturated rings. The Morgan fingerprint density at radius 3 is 2.48 bits per heavy atom. The van der Waals surface area contributed by atoms with Crippen LogP contribution >= 0.6 is 11.3 Å². The first-order valence-electron chi connectivity index (χ1n) is 18.4. The minimum absolute atomic E-state index is 0.0579. The fourth-order valence-corrected chi connectivity index (χ4v) is 8.27. The average molecular weight is 740 g/mol. The minimum Gasteiger partial charge on any atom is -0.481 e. The van der Waals surface area contributed by atoms with E-state index in [9.17, 15) is 29.1 Å². The van der Waals surface area contributed by atoms with Gasteiger partial charge in [0.05, 0.1) is 12.0 Å². The number of hydrogen-bond acceptors (Lipinski definition) is 9. The lowest BCUT2D eigenvalue weighted by atomic mass is 9.80. The minimum atomic E-state index is -0.937. The molecule has 286 valence electrons. The van der Waals surface area contributed by atoms with Crippen LogP contribution in [-0.2, 0) is 30.3 Å². The van der Waals surface area contributed by atoms with Gasteiger partial charge in [0.1, 0.15) is 16.7 Å². The summed E-state index contributed by atoms with van der Waals surface area (Å²) < 4.78 is 5.78. The summed E-state index contributed by atoms with van der Waals surface area (Å²) in [6.07, 6.45) is 2.56. The normalized spacial score (nSPS) is 22.4. The smallest absolute Gasteiger partial charge is 0.311 e. The van der Waals surface area contributed by atoms with E-state index in [2.05, 4.69) is 27.4 Å². The van der Waals surface area contributed by atoms with Crippen molar-refractivity contribution in [1.29, 1.82) is 0 Å². The van der Waals surface area contributed by atoms with Crippen LogP contribution in [-0.4, -0.2) is 94.4 Å². The Morgan fingerprint density at radius 1 is 1.15 bits per heavy atom. The summed E-state index contributed by atoms with van der Waals surface area (Å²) in [5, 5.41) is 18.0. The zero-order valence-corrected chi connectivity index (χ0v) is 32.9. The van der Waals surface area contributed by atoms with Crippen molar-refractivity contribution in [2.45, 2.75) is 123 Å². The Bertz CT molecular complexity index is 1610.